The van der Waals surface area contributed by atoms with Crippen LogP contribution in [0, 0.1) is 27.7 Å². The summed E-state index contributed by atoms with van der Waals surface area (Å²) in [6.45, 7) is 11.1. The molecule has 0 heterocycles. The number of benzene rings is 2. The van der Waals surface area contributed by atoms with Gasteiger partial charge in [-0.05, 0) is 73.9 Å². The predicted octanol–water partition coefficient (Wildman–Crippen LogP) is 5.94. The third-order valence-electron chi connectivity index (χ3n) is 4.76. The van der Waals surface area contributed by atoms with E-state index in [1.807, 2.05) is 0 Å². The van der Waals surface area contributed by atoms with E-state index in [9.17, 15) is 0 Å². The van der Waals surface area contributed by atoms with Crippen LogP contribution >= 0.6 is 0 Å². The van der Waals surface area contributed by atoms with Gasteiger partial charge in [0, 0.05) is 0 Å². The molecule has 0 bridgehead atoms. The van der Waals surface area contributed by atoms with Gasteiger partial charge >= 0.3 is 0 Å². The maximum absolute atomic E-state index is 2.43. The number of hydrogen-bond acceptors (Lipinski definition) is 0. The molecule has 0 aromatic heterocycles. The highest BCUT2D eigenvalue weighted by Gasteiger charge is 2.19. The molecule has 0 spiro atoms. The average molecular weight is 276 g/mol. The lowest BCUT2D eigenvalue weighted by Gasteiger charge is -2.15. The quantitative estimate of drug-likeness (QED) is 0.637. The molecule has 21 heavy (non-hydrogen) atoms. The van der Waals surface area contributed by atoms with E-state index in [-0.39, 0.29) is 0 Å². The Morgan fingerprint density at radius 2 is 1.57 bits per heavy atom. The minimum Gasteiger partial charge on any atom is -0.0654 e. The van der Waals surface area contributed by atoms with Crippen molar-refractivity contribution in [1.29, 1.82) is 0 Å². The van der Waals surface area contributed by atoms with Gasteiger partial charge < -0.3 is 0 Å². The van der Waals surface area contributed by atoms with Crippen molar-refractivity contribution >= 4 is 6.08 Å². The first-order chi connectivity index (χ1) is 9.99. The summed E-state index contributed by atoms with van der Waals surface area (Å²) in [6, 6.07) is 9.25. The summed E-state index contributed by atoms with van der Waals surface area (Å²) in [5.41, 5.74) is 12.9. The predicted molar refractivity (Wildman–Crippen MR) is 92.8 cm³/mol. The smallest absolute Gasteiger partial charge is 0.00550 e. The zero-order chi connectivity index (χ0) is 15.1. The molecule has 1 aliphatic rings. The Balaban J connectivity index is 2.26. The topological polar surface area (TPSA) is 0 Å². The molecule has 0 aliphatic heterocycles. The first kappa shape index (κ1) is 14.1. The Hall–Kier alpha value is -1.82. The monoisotopic (exact) mass is 276 g/mol. The SMILES string of the molecule is CCC1=Cc2c(-c3cc(C)cc(C)c3)cc(C)c(C)c2C1. The minimum atomic E-state index is 1.14. The number of aryl methyl sites for hydroxylation is 3. The summed E-state index contributed by atoms with van der Waals surface area (Å²) in [5, 5.41) is 0. The van der Waals surface area contributed by atoms with Gasteiger partial charge in [0.25, 0.3) is 0 Å². The van der Waals surface area contributed by atoms with Gasteiger partial charge in [-0.3, -0.25) is 0 Å². The fourth-order valence-electron chi connectivity index (χ4n) is 3.48. The molecule has 1 aliphatic carbocycles. The number of rotatable bonds is 2. The molecular formula is C21H24. The molecule has 0 amide bonds. The van der Waals surface area contributed by atoms with Crippen LogP contribution in [0.2, 0.25) is 0 Å². The van der Waals surface area contributed by atoms with Crippen LogP contribution in [-0.4, -0.2) is 0 Å². The van der Waals surface area contributed by atoms with E-state index in [4.69, 9.17) is 0 Å². The molecular weight excluding hydrogens is 252 g/mol. The molecule has 0 atom stereocenters. The first-order valence-corrected chi connectivity index (χ1v) is 7.90. The highest BCUT2D eigenvalue weighted by Crippen LogP contribution is 2.38. The summed E-state index contributed by atoms with van der Waals surface area (Å²) >= 11 is 0. The lowest BCUT2D eigenvalue weighted by molar-refractivity contribution is 1.03. The van der Waals surface area contributed by atoms with Crippen molar-refractivity contribution < 1.29 is 0 Å². The summed E-state index contributed by atoms with van der Waals surface area (Å²) in [4.78, 5) is 0. The van der Waals surface area contributed by atoms with Crippen molar-refractivity contribution in [3.8, 4) is 11.1 Å². The lowest BCUT2D eigenvalue weighted by Crippen LogP contribution is -1.96. The van der Waals surface area contributed by atoms with Crippen molar-refractivity contribution in [1.82, 2.24) is 0 Å². The fraction of sp³-hybridized carbons (Fsp3) is 0.333. The van der Waals surface area contributed by atoms with E-state index in [0.717, 1.165) is 12.8 Å². The molecule has 0 fully saturated rings. The maximum atomic E-state index is 2.43. The van der Waals surface area contributed by atoms with Crippen LogP contribution in [0.15, 0.2) is 29.8 Å². The lowest BCUT2D eigenvalue weighted by atomic mass is 9.89. The van der Waals surface area contributed by atoms with E-state index in [1.54, 1.807) is 11.1 Å². The van der Waals surface area contributed by atoms with E-state index >= 15 is 0 Å². The van der Waals surface area contributed by atoms with Crippen molar-refractivity contribution in [2.75, 3.05) is 0 Å². The normalized spacial score (nSPS) is 13.3. The van der Waals surface area contributed by atoms with Crippen molar-refractivity contribution in [3.63, 3.8) is 0 Å². The Morgan fingerprint density at radius 3 is 2.19 bits per heavy atom. The summed E-state index contributed by atoms with van der Waals surface area (Å²) < 4.78 is 0. The molecule has 0 saturated heterocycles. The van der Waals surface area contributed by atoms with E-state index < -0.39 is 0 Å². The third kappa shape index (κ3) is 2.44. The maximum Gasteiger partial charge on any atom is -0.00550 e. The van der Waals surface area contributed by atoms with Gasteiger partial charge in [0.2, 0.25) is 0 Å². The molecule has 0 nitrogen and oxygen atoms in total. The van der Waals surface area contributed by atoms with Crippen molar-refractivity contribution in [2.45, 2.75) is 47.5 Å². The van der Waals surface area contributed by atoms with Gasteiger partial charge in [-0.25, -0.2) is 0 Å². The van der Waals surface area contributed by atoms with Gasteiger partial charge in [-0.2, -0.15) is 0 Å². The summed E-state index contributed by atoms with van der Waals surface area (Å²) in [6.07, 6.45) is 4.71. The molecule has 0 N–H and O–H groups in total. The molecule has 0 heteroatoms. The summed E-state index contributed by atoms with van der Waals surface area (Å²) in [5.74, 6) is 0. The van der Waals surface area contributed by atoms with E-state index in [2.05, 4.69) is 65.0 Å². The van der Waals surface area contributed by atoms with Crippen molar-refractivity contribution in [3.05, 3.63) is 63.2 Å². The van der Waals surface area contributed by atoms with Crippen LogP contribution in [0.4, 0.5) is 0 Å². The van der Waals surface area contributed by atoms with Gasteiger partial charge in [0.1, 0.15) is 0 Å². The molecule has 0 unspecified atom stereocenters. The molecule has 0 saturated carbocycles. The Kier molecular flexibility index (Phi) is 3.49. The number of hydrogen-bond donors (Lipinski definition) is 0. The van der Waals surface area contributed by atoms with Crippen LogP contribution in [0.3, 0.4) is 0 Å². The number of allylic oxidation sites excluding steroid dienone is 1. The van der Waals surface area contributed by atoms with Crippen LogP contribution in [0.5, 0.6) is 0 Å². The number of fused-ring (bicyclic) bond motifs is 1. The highest BCUT2D eigenvalue weighted by molar-refractivity contribution is 5.83. The third-order valence-corrected chi connectivity index (χ3v) is 4.76. The minimum absolute atomic E-state index is 1.14. The Labute approximate surface area is 128 Å². The first-order valence-electron chi connectivity index (χ1n) is 7.90. The van der Waals surface area contributed by atoms with Gasteiger partial charge in [0.05, 0.1) is 0 Å². The fourth-order valence-corrected chi connectivity index (χ4v) is 3.48. The molecule has 0 radical (unpaired) electrons. The summed E-state index contributed by atoms with van der Waals surface area (Å²) in [7, 11) is 0. The molecule has 2 aromatic carbocycles. The van der Waals surface area contributed by atoms with Crippen molar-refractivity contribution in [2.24, 2.45) is 0 Å². The standard InChI is InChI=1S/C21H24/c1-6-17-11-19-16(5)15(4)10-20(21(19)12-17)18-8-13(2)7-14(3)9-18/h7-10,12H,6,11H2,1-5H3. The second-order valence-electron chi connectivity index (χ2n) is 6.47. The molecule has 2 aromatic rings. The zero-order valence-electron chi connectivity index (χ0n) is 13.8. The average Bonchev–Trinajstić information content (AvgIpc) is 2.86. The van der Waals surface area contributed by atoms with Gasteiger partial charge in [-0.15, -0.1) is 0 Å². The molecule has 108 valence electrons. The van der Waals surface area contributed by atoms with E-state index in [1.165, 1.54) is 38.9 Å². The Bertz CT molecular complexity index is 725. The second-order valence-corrected chi connectivity index (χ2v) is 6.47. The van der Waals surface area contributed by atoms with Crippen LogP contribution in [-0.2, 0) is 6.42 Å². The largest absolute Gasteiger partial charge is 0.0654 e. The molecule has 3 rings (SSSR count). The second kappa shape index (κ2) is 5.18. The van der Waals surface area contributed by atoms with Crippen LogP contribution in [0.25, 0.3) is 17.2 Å². The van der Waals surface area contributed by atoms with Crippen LogP contribution in [0.1, 0.15) is 46.7 Å². The Morgan fingerprint density at radius 1 is 0.905 bits per heavy atom. The van der Waals surface area contributed by atoms with E-state index in [0.29, 0.717) is 0 Å². The highest BCUT2D eigenvalue weighted by atomic mass is 14.2. The zero-order valence-corrected chi connectivity index (χ0v) is 13.8. The van der Waals surface area contributed by atoms with Gasteiger partial charge in [0.15, 0.2) is 0 Å². The van der Waals surface area contributed by atoms with Gasteiger partial charge in [-0.1, -0.05) is 54.0 Å². The van der Waals surface area contributed by atoms with Crippen LogP contribution < -0.4 is 0 Å².